The Morgan fingerprint density at radius 2 is 1.80 bits per heavy atom. The van der Waals surface area contributed by atoms with E-state index < -0.39 is 0 Å². The predicted molar refractivity (Wildman–Crippen MR) is 97.4 cm³/mol. The first-order valence-electron chi connectivity index (χ1n) is 8.86. The van der Waals surface area contributed by atoms with E-state index in [4.69, 9.17) is 4.84 Å². The first kappa shape index (κ1) is 15.9. The van der Waals surface area contributed by atoms with Crippen molar-refractivity contribution in [3.63, 3.8) is 0 Å². The Balaban J connectivity index is 1.42. The molecule has 2 aromatic rings. The van der Waals surface area contributed by atoms with Gasteiger partial charge < -0.3 is 9.74 Å². The molecule has 1 atom stereocenters. The standard InChI is InChI=1S/C21H22N2O2/c24-20(14-17-8-3-1-4-9-17)23-13-7-12-21(16-23)15-19(22-25-21)18-10-5-2-6-11-18/h1-6,8-11H,7,12-16H2. The number of carbonyl (C=O) groups excluding carboxylic acids is 1. The first-order valence-corrected chi connectivity index (χ1v) is 8.86. The van der Waals surface area contributed by atoms with Gasteiger partial charge in [0.15, 0.2) is 5.60 Å². The van der Waals surface area contributed by atoms with Gasteiger partial charge in [-0.25, -0.2) is 0 Å². The highest BCUT2D eigenvalue weighted by Gasteiger charge is 2.44. The van der Waals surface area contributed by atoms with Crippen molar-refractivity contribution in [1.82, 2.24) is 4.90 Å². The second-order valence-corrected chi connectivity index (χ2v) is 6.94. The van der Waals surface area contributed by atoms with Crippen LogP contribution >= 0.6 is 0 Å². The maximum absolute atomic E-state index is 12.7. The summed E-state index contributed by atoms with van der Waals surface area (Å²) in [5, 5.41) is 4.34. The van der Waals surface area contributed by atoms with Crippen LogP contribution in [0.3, 0.4) is 0 Å². The van der Waals surface area contributed by atoms with Crippen molar-refractivity contribution in [3.8, 4) is 0 Å². The quantitative estimate of drug-likeness (QED) is 0.863. The summed E-state index contributed by atoms with van der Waals surface area (Å²) in [6.07, 6.45) is 3.12. The van der Waals surface area contributed by atoms with Crippen molar-refractivity contribution in [3.05, 3.63) is 71.8 Å². The predicted octanol–water partition coefficient (Wildman–Crippen LogP) is 3.41. The van der Waals surface area contributed by atoms with Crippen LogP contribution in [0.4, 0.5) is 0 Å². The van der Waals surface area contributed by atoms with E-state index in [-0.39, 0.29) is 11.5 Å². The van der Waals surface area contributed by atoms with E-state index in [0.29, 0.717) is 13.0 Å². The lowest BCUT2D eigenvalue weighted by atomic mass is 9.86. The summed E-state index contributed by atoms with van der Waals surface area (Å²) < 4.78 is 0. The molecule has 0 radical (unpaired) electrons. The number of amides is 1. The molecule has 2 aliphatic rings. The van der Waals surface area contributed by atoms with Crippen molar-refractivity contribution in [2.75, 3.05) is 13.1 Å². The average molecular weight is 334 g/mol. The Bertz CT molecular complexity index is 773. The van der Waals surface area contributed by atoms with Crippen molar-refractivity contribution in [2.45, 2.75) is 31.3 Å². The van der Waals surface area contributed by atoms with Gasteiger partial charge in [0, 0.05) is 13.0 Å². The molecule has 128 valence electrons. The maximum Gasteiger partial charge on any atom is 0.227 e. The fourth-order valence-corrected chi connectivity index (χ4v) is 3.72. The molecule has 0 aromatic heterocycles. The van der Waals surface area contributed by atoms with Crippen LogP contribution in [-0.4, -0.2) is 35.2 Å². The van der Waals surface area contributed by atoms with E-state index in [1.165, 1.54) is 0 Å². The average Bonchev–Trinajstić information content (AvgIpc) is 3.06. The second kappa shape index (κ2) is 6.71. The third kappa shape index (κ3) is 3.43. The van der Waals surface area contributed by atoms with E-state index in [1.807, 2.05) is 53.4 Å². The van der Waals surface area contributed by atoms with Gasteiger partial charge in [0.05, 0.1) is 18.7 Å². The van der Waals surface area contributed by atoms with Crippen molar-refractivity contribution in [1.29, 1.82) is 0 Å². The monoisotopic (exact) mass is 334 g/mol. The number of nitrogens with zero attached hydrogens (tertiary/aromatic N) is 2. The second-order valence-electron chi connectivity index (χ2n) is 6.94. The van der Waals surface area contributed by atoms with Gasteiger partial charge in [0.2, 0.25) is 5.91 Å². The summed E-state index contributed by atoms with van der Waals surface area (Å²) in [6, 6.07) is 20.1. The number of hydrogen-bond acceptors (Lipinski definition) is 3. The van der Waals surface area contributed by atoms with Gasteiger partial charge >= 0.3 is 0 Å². The highest BCUT2D eigenvalue weighted by Crippen LogP contribution is 2.35. The van der Waals surface area contributed by atoms with Crippen molar-refractivity contribution >= 4 is 11.6 Å². The minimum atomic E-state index is -0.351. The number of piperidine rings is 1. The fourth-order valence-electron chi connectivity index (χ4n) is 3.72. The molecule has 4 heteroatoms. The van der Waals surface area contributed by atoms with Crippen LogP contribution in [0.25, 0.3) is 0 Å². The van der Waals surface area contributed by atoms with Crippen LogP contribution in [0.2, 0.25) is 0 Å². The molecule has 1 amide bonds. The number of oxime groups is 1. The smallest absolute Gasteiger partial charge is 0.227 e. The Kier molecular flexibility index (Phi) is 4.26. The van der Waals surface area contributed by atoms with Crippen LogP contribution in [-0.2, 0) is 16.1 Å². The van der Waals surface area contributed by atoms with Gasteiger partial charge in [-0.3, -0.25) is 4.79 Å². The summed E-state index contributed by atoms with van der Waals surface area (Å²) in [6.45, 7) is 1.43. The SMILES string of the molecule is O=C(Cc1ccccc1)N1CCCC2(CC(c3ccccc3)=NO2)C1. The third-order valence-electron chi connectivity index (χ3n) is 5.04. The Morgan fingerprint density at radius 1 is 1.08 bits per heavy atom. The van der Waals surface area contributed by atoms with Crippen molar-refractivity contribution < 1.29 is 9.63 Å². The van der Waals surface area contributed by atoms with E-state index in [1.54, 1.807) is 0 Å². The van der Waals surface area contributed by atoms with E-state index >= 15 is 0 Å². The molecular formula is C21H22N2O2. The molecular weight excluding hydrogens is 312 g/mol. The molecule has 1 fully saturated rings. The first-order chi connectivity index (χ1) is 12.2. The summed E-state index contributed by atoms with van der Waals surface area (Å²) in [5.41, 5.74) is 2.79. The molecule has 25 heavy (non-hydrogen) atoms. The summed E-state index contributed by atoms with van der Waals surface area (Å²) >= 11 is 0. The molecule has 2 heterocycles. The van der Waals surface area contributed by atoms with Gasteiger partial charge in [0.25, 0.3) is 0 Å². The highest BCUT2D eigenvalue weighted by atomic mass is 16.7. The topological polar surface area (TPSA) is 41.9 Å². The largest absolute Gasteiger partial charge is 0.387 e. The van der Waals surface area contributed by atoms with Crippen LogP contribution in [0.1, 0.15) is 30.4 Å². The zero-order chi connectivity index (χ0) is 17.1. The van der Waals surface area contributed by atoms with Crippen molar-refractivity contribution in [2.24, 2.45) is 5.16 Å². The Hall–Kier alpha value is -2.62. The lowest BCUT2D eigenvalue weighted by Gasteiger charge is -2.38. The minimum Gasteiger partial charge on any atom is -0.387 e. The molecule has 1 unspecified atom stereocenters. The summed E-state index contributed by atoms with van der Waals surface area (Å²) in [4.78, 5) is 20.5. The number of benzene rings is 2. The lowest BCUT2D eigenvalue weighted by Crippen LogP contribution is -2.50. The van der Waals surface area contributed by atoms with E-state index in [9.17, 15) is 4.79 Å². The molecule has 1 saturated heterocycles. The highest BCUT2D eigenvalue weighted by molar-refractivity contribution is 6.01. The number of likely N-dealkylation sites (tertiary alicyclic amines) is 1. The van der Waals surface area contributed by atoms with Gasteiger partial charge in [-0.1, -0.05) is 65.8 Å². The molecule has 0 N–H and O–H groups in total. The van der Waals surface area contributed by atoms with Crippen LogP contribution in [0, 0.1) is 0 Å². The summed E-state index contributed by atoms with van der Waals surface area (Å²) in [5.74, 6) is 0.169. The number of hydrogen-bond donors (Lipinski definition) is 0. The minimum absolute atomic E-state index is 0.169. The molecule has 2 aliphatic heterocycles. The fraction of sp³-hybridized carbons (Fsp3) is 0.333. The molecule has 0 saturated carbocycles. The number of rotatable bonds is 3. The Morgan fingerprint density at radius 3 is 2.56 bits per heavy atom. The van der Waals surface area contributed by atoms with Crippen LogP contribution < -0.4 is 0 Å². The molecule has 4 rings (SSSR count). The number of carbonyl (C=O) groups is 1. The molecule has 1 spiro atoms. The van der Waals surface area contributed by atoms with E-state index in [2.05, 4.69) is 17.3 Å². The Labute approximate surface area is 148 Å². The van der Waals surface area contributed by atoms with E-state index in [0.717, 1.165) is 42.6 Å². The maximum atomic E-state index is 12.7. The molecule has 0 aliphatic carbocycles. The lowest BCUT2D eigenvalue weighted by molar-refractivity contribution is -0.139. The van der Waals surface area contributed by atoms with Gasteiger partial charge in [-0.2, -0.15) is 0 Å². The zero-order valence-electron chi connectivity index (χ0n) is 14.2. The van der Waals surface area contributed by atoms with Gasteiger partial charge in [-0.15, -0.1) is 0 Å². The summed E-state index contributed by atoms with van der Waals surface area (Å²) in [7, 11) is 0. The third-order valence-corrected chi connectivity index (χ3v) is 5.04. The normalized spacial score (nSPS) is 22.6. The zero-order valence-corrected chi connectivity index (χ0v) is 14.2. The van der Waals surface area contributed by atoms with Gasteiger partial charge in [-0.05, 0) is 24.0 Å². The van der Waals surface area contributed by atoms with Crippen LogP contribution in [0.5, 0.6) is 0 Å². The molecule has 4 nitrogen and oxygen atoms in total. The van der Waals surface area contributed by atoms with Gasteiger partial charge in [0.1, 0.15) is 0 Å². The van der Waals surface area contributed by atoms with Crippen LogP contribution in [0.15, 0.2) is 65.8 Å². The molecule has 0 bridgehead atoms. The molecule has 2 aromatic carbocycles.